The largest absolute Gasteiger partial charge is 0.236 e. The lowest BCUT2D eigenvalue weighted by Crippen LogP contribution is -2.12. The van der Waals surface area contributed by atoms with Crippen molar-refractivity contribution in [1.29, 1.82) is 0 Å². The molecule has 3 aromatic heterocycles. The molecular weight excluding hydrogens is 464 g/mol. The Balaban J connectivity index is 1.64. The van der Waals surface area contributed by atoms with Crippen LogP contribution in [0, 0.1) is 12.8 Å². The minimum atomic E-state index is 0.0337. The van der Waals surface area contributed by atoms with Crippen LogP contribution in [0.4, 0.5) is 0 Å². The monoisotopic (exact) mass is 494 g/mol. The molecule has 2 nitrogen and oxygen atoms in total. The van der Waals surface area contributed by atoms with E-state index in [0.29, 0.717) is 5.92 Å². The highest BCUT2D eigenvalue weighted by Gasteiger charge is 2.21. The smallest absolute Gasteiger partial charge is 0.128 e. The first-order valence-corrected chi connectivity index (χ1v) is 14.0. The Morgan fingerprint density at radius 2 is 1.60 bits per heavy atom. The topological polar surface area (TPSA) is 25.8 Å². The molecule has 0 N–H and O–H groups in total. The van der Waals surface area contributed by atoms with Gasteiger partial charge in [0.2, 0.25) is 0 Å². The maximum atomic E-state index is 4.87. The molecule has 0 fully saturated rings. The van der Waals surface area contributed by atoms with Gasteiger partial charge in [0.25, 0.3) is 0 Å². The molecule has 0 amide bonds. The SMILES string of the molecule is Cc1c(CC(C)C)sc2cc3c(cc12)sc1ncnc(-c2cc(C(C)(C)C)c4ccccc4c2)c13. The summed E-state index contributed by atoms with van der Waals surface area (Å²) in [5.74, 6) is 0.661. The molecule has 0 aliphatic carbocycles. The normalized spacial score (nSPS) is 12.7. The molecular formula is C31H30N2S2. The molecule has 0 radical (unpaired) electrons. The predicted molar refractivity (Wildman–Crippen MR) is 155 cm³/mol. The lowest BCUT2D eigenvalue weighted by Gasteiger charge is -2.22. The van der Waals surface area contributed by atoms with Gasteiger partial charge >= 0.3 is 0 Å². The van der Waals surface area contributed by atoms with Crippen molar-refractivity contribution in [2.45, 2.75) is 53.4 Å². The zero-order valence-corrected chi connectivity index (χ0v) is 22.8. The van der Waals surface area contributed by atoms with Crippen molar-refractivity contribution in [3.05, 3.63) is 70.9 Å². The van der Waals surface area contributed by atoms with Crippen LogP contribution in [0.3, 0.4) is 0 Å². The van der Waals surface area contributed by atoms with E-state index in [4.69, 9.17) is 9.97 Å². The third kappa shape index (κ3) is 3.75. The molecule has 176 valence electrons. The Morgan fingerprint density at radius 1 is 0.857 bits per heavy atom. The Bertz CT molecular complexity index is 1750. The molecule has 0 saturated carbocycles. The second-order valence-corrected chi connectivity index (χ2v) is 13.3. The fourth-order valence-electron chi connectivity index (χ4n) is 5.22. The van der Waals surface area contributed by atoms with E-state index >= 15 is 0 Å². The highest BCUT2D eigenvalue weighted by atomic mass is 32.1. The van der Waals surface area contributed by atoms with Crippen LogP contribution >= 0.6 is 22.7 Å². The van der Waals surface area contributed by atoms with Gasteiger partial charge in [0.1, 0.15) is 11.2 Å². The van der Waals surface area contributed by atoms with Crippen molar-refractivity contribution in [2.75, 3.05) is 0 Å². The zero-order valence-electron chi connectivity index (χ0n) is 21.2. The highest BCUT2D eigenvalue weighted by Crippen LogP contribution is 2.44. The number of nitrogens with zero attached hydrogens (tertiary/aromatic N) is 2. The van der Waals surface area contributed by atoms with Gasteiger partial charge in [-0.05, 0) is 76.2 Å². The van der Waals surface area contributed by atoms with Gasteiger partial charge in [-0.2, -0.15) is 0 Å². The van der Waals surface area contributed by atoms with Crippen molar-refractivity contribution in [3.8, 4) is 11.3 Å². The number of thiophene rings is 2. The van der Waals surface area contributed by atoms with Gasteiger partial charge < -0.3 is 0 Å². The van der Waals surface area contributed by atoms with Crippen molar-refractivity contribution in [1.82, 2.24) is 9.97 Å². The molecule has 6 rings (SSSR count). The molecule has 0 aliphatic heterocycles. The lowest BCUT2D eigenvalue weighted by molar-refractivity contribution is 0.596. The summed E-state index contributed by atoms with van der Waals surface area (Å²) < 4.78 is 2.66. The molecule has 0 spiro atoms. The molecule has 0 bridgehead atoms. The van der Waals surface area contributed by atoms with E-state index in [9.17, 15) is 0 Å². The predicted octanol–water partition coefficient (Wildman–Crippen LogP) is 9.68. The quantitative estimate of drug-likeness (QED) is 0.245. The fraction of sp³-hybridized carbons (Fsp3) is 0.290. The third-order valence-corrected chi connectivity index (χ3v) is 9.30. The first-order valence-electron chi connectivity index (χ1n) is 12.3. The van der Waals surface area contributed by atoms with Crippen LogP contribution in [0.5, 0.6) is 0 Å². The number of aromatic nitrogens is 2. The second-order valence-electron chi connectivity index (χ2n) is 11.1. The second kappa shape index (κ2) is 8.11. The standard InChI is InChI=1S/C31H30N2S2/c1-17(2)11-25-18(3)22-14-27-23(15-26(22)34-25)28-29(32-16-33-30(28)35-27)20-12-19-9-7-8-10-21(19)24(13-20)31(4,5)6/h7-10,12-17H,11H2,1-6H3. The van der Waals surface area contributed by atoms with Gasteiger partial charge in [0.05, 0.1) is 5.69 Å². The van der Waals surface area contributed by atoms with Gasteiger partial charge in [-0.15, -0.1) is 22.7 Å². The van der Waals surface area contributed by atoms with E-state index in [1.807, 2.05) is 11.3 Å². The minimum Gasteiger partial charge on any atom is -0.236 e. The molecule has 0 unspecified atom stereocenters. The van der Waals surface area contributed by atoms with E-state index in [-0.39, 0.29) is 5.41 Å². The molecule has 3 aromatic carbocycles. The van der Waals surface area contributed by atoms with E-state index in [1.165, 1.54) is 57.9 Å². The van der Waals surface area contributed by atoms with Crippen LogP contribution in [0.1, 0.15) is 50.6 Å². The van der Waals surface area contributed by atoms with E-state index in [2.05, 4.69) is 90.1 Å². The van der Waals surface area contributed by atoms with Gasteiger partial charge in [0, 0.05) is 30.6 Å². The summed E-state index contributed by atoms with van der Waals surface area (Å²) in [6, 6.07) is 18.1. The Morgan fingerprint density at radius 3 is 2.37 bits per heavy atom. The number of hydrogen-bond acceptors (Lipinski definition) is 4. The van der Waals surface area contributed by atoms with Crippen LogP contribution in [0.2, 0.25) is 0 Å². The van der Waals surface area contributed by atoms with Crippen molar-refractivity contribution >= 4 is 63.8 Å². The molecule has 6 aromatic rings. The van der Waals surface area contributed by atoms with Crippen molar-refractivity contribution in [2.24, 2.45) is 5.92 Å². The number of aryl methyl sites for hydroxylation is 1. The Hall–Kier alpha value is -2.82. The molecule has 35 heavy (non-hydrogen) atoms. The van der Waals surface area contributed by atoms with Gasteiger partial charge in [-0.25, -0.2) is 9.97 Å². The van der Waals surface area contributed by atoms with Crippen LogP contribution in [-0.2, 0) is 11.8 Å². The molecule has 0 saturated heterocycles. The first-order chi connectivity index (χ1) is 16.7. The molecule has 4 heteroatoms. The average Bonchev–Trinajstić information content (AvgIpc) is 3.32. The molecule has 0 atom stereocenters. The summed E-state index contributed by atoms with van der Waals surface area (Å²) in [5, 5.41) is 6.42. The summed E-state index contributed by atoms with van der Waals surface area (Å²) >= 11 is 3.74. The molecule has 3 heterocycles. The van der Waals surface area contributed by atoms with Crippen LogP contribution in [0.25, 0.3) is 52.4 Å². The van der Waals surface area contributed by atoms with E-state index in [1.54, 1.807) is 17.7 Å². The number of hydrogen-bond donors (Lipinski definition) is 0. The average molecular weight is 495 g/mol. The fourth-order valence-corrected chi connectivity index (χ4v) is 7.73. The maximum Gasteiger partial charge on any atom is 0.128 e. The summed E-state index contributed by atoms with van der Waals surface area (Å²) in [6.07, 6.45) is 2.87. The Labute approximate surface area is 214 Å². The van der Waals surface area contributed by atoms with Crippen molar-refractivity contribution in [3.63, 3.8) is 0 Å². The number of rotatable bonds is 3. The minimum absolute atomic E-state index is 0.0337. The summed E-state index contributed by atoms with van der Waals surface area (Å²) in [7, 11) is 0. The van der Waals surface area contributed by atoms with Crippen LogP contribution < -0.4 is 0 Å². The van der Waals surface area contributed by atoms with Crippen molar-refractivity contribution < 1.29 is 0 Å². The molecule has 0 aliphatic rings. The van der Waals surface area contributed by atoms with Gasteiger partial charge in [0.15, 0.2) is 0 Å². The Kier molecular flexibility index (Phi) is 5.24. The van der Waals surface area contributed by atoms with Gasteiger partial charge in [-0.3, -0.25) is 0 Å². The van der Waals surface area contributed by atoms with E-state index in [0.717, 1.165) is 16.9 Å². The third-order valence-electron chi connectivity index (χ3n) is 6.96. The highest BCUT2D eigenvalue weighted by molar-refractivity contribution is 7.26. The summed E-state index contributed by atoms with van der Waals surface area (Å²) in [4.78, 5) is 12.1. The first kappa shape index (κ1) is 22.6. The maximum absolute atomic E-state index is 4.87. The number of benzene rings is 3. The zero-order chi connectivity index (χ0) is 24.5. The van der Waals surface area contributed by atoms with E-state index < -0.39 is 0 Å². The van der Waals surface area contributed by atoms with Gasteiger partial charge in [-0.1, -0.05) is 58.9 Å². The van der Waals surface area contributed by atoms with Crippen LogP contribution in [0.15, 0.2) is 54.9 Å². The van der Waals surface area contributed by atoms with Crippen LogP contribution in [-0.4, -0.2) is 9.97 Å². The lowest BCUT2D eigenvalue weighted by atomic mass is 9.82. The summed E-state index contributed by atoms with van der Waals surface area (Å²) in [5.41, 5.74) is 5.03. The summed E-state index contributed by atoms with van der Waals surface area (Å²) in [6.45, 7) is 13.8. The number of fused-ring (bicyclic) bond motifs is 5.